The van der Waals surface area contributed by atoms with Gasteiger partial charge in [0.1, 0.15) is 15.7 Å². The van der Waals surface area contributed by atoms with Crippen molar-refractivity contribution in [2.24, 2.45) is 0 Å². The van der Waals surface area contributed by atoms with Crippen molar-refractivity contribution in [1.29, 1.82) is 0 Å². The molecule has 1 fully saturated rings. The van der Waals surface area contributed by atoms with E-state index in [4.69, 9.17) is 0 Å². The molecule has 0 spiro atoms. The standard InChI is InChI=1S/C33H31N3O14S4.4K/c1-33(2)28-21-26(54(44,45)46)17-18-29(28)34(19-20-53(41,42)43)30(33)8-6-4-3-5-7-27-31(37)35(22-9-13-24(14-10-22)51-49-47-39)36(32(27)38)23-11-15-25(16-12-23)52-50-48-40;;;;/h3-18,21,39-40H,19-20H2,1-2H3,(H,41,42,43)(H,44,45,46);;;;/q;4*+1/p-4. The van der Waals surface area contributed by atoms with E-state index in [9.17, 15) is 46.0 Å². The van der Waals surface area contributed by atoms with Gasteiger partial charge in [-0.2, -0.15) is 8.67 Å². The molecule has 0 bridgehead atoms. The van der Waals surface area contributed by atoms with Gasteiger partial charge in [0.15, 0.2) is 0 Å². The summed E-state index contributed by atoms with van der Waals surface area (Å²) in [7, 11) is -9.41. The predicted molar refractivity (Wildman–Crippen MR) is 188 cm³/mol. The molecule has 0 radical (unpaired) electrons. The molecule has 0 atom stereocenters. The van der Waals surface area contributed by atoms with Crippen LogP contribution in [-0.4, -0.2) is 50.1 Å². The molecular formula is C33H27K4N3O14S4. The number of nitrogens with zero attached hydrogens (tertiary/aromatic N) is 3. The number of benzene rings is 3. The van der Waals surface area contributed by atoms with Crippen molar-refractivity contribution < 1.29 is 270 Å². The molecule has 17 nitrogen and oxygen atoms in total. The van der Waals surface area contributed by atoms with Crippen molar-refractivity contribution in [3.05, 3.63) is 120 Å². The summed E-state index contributed by atoms with van der Waals surface area (Å²) in [5, 5.41) is 29.4. The van der Waals surface area contributed by atoms with Crippen LogP contribution in [-0.2, 0) is 54.0 Å². The fourth-order valence-electron chi connectivity index (χ4n) is 5.68. The van der Waals surface area contributed by atoms with Crippen molar-refractivity contribution in [3.8, 4) is 0 Å². The number of rotatable bonds is 15. The first-order valence-electron chi connectivity index (χ1n) is 15.3. The molecule has 3 aromatic carbocycles. The number of hydrogen-bond acceptors (Lipinski definition) is 17. The molecule has 25 heteroatoms. The Morgan fingerprint density at radius 3 is 1.59 bits per heavy atom. The summed E-state index contributed by atoms with van der Waals surface area (Å²) in [5.74, 6) is -2.09. The minimum Gasteiger partial charge on any atom is -0.748 e. The van der Waals surface area contributed by atoms with E-state index in [-0.39, 0.29) is 229 Å². The Kier molecular flexibility index (Phi) is 26.5. The maximum atomic E-state index is 13.7. The Labute approximate surface area is 513 Å². The van der Waals surface area contributed by atoms with Crippen LogP contribution >= 0.6 is 24.1 Å². The second-order valence-corrected chi connectivity index (χ2v) is 16.2. The van der Waals surface area contributed by atoms with E-state index in [2.05, 4.69) is 18.7 Å². The van der Waals surface area contributed by atoms with E-state index >= 15 is 0 Å². The van der Waals surface area contributed by atoms with E-state index in [0.29, 0.717) is 50.8 Å². The van der Waals surface area contributed by atoms with Gasteiger partial charge in [0.2, 0.25) is 0 Å². The minimum atomic E-state index is -4.79. The second kappa shape index (κ2) is 26.4. The molecule has 3 aromatic rings. The van der Waals surface area contributed by atoms with Crippen LogP contribution in [0.15, 0.2) is 129 Å². The minimum absolute atomic E-state index is 0. The Morgan fingerprint density at radius 1 is 0.690 bits per heavy atom. The number of carbonyl (C=O) groups is 2. The summed E-state index contributed by atoms with van der Waals surface area (Å²) in [5.41, 5.74) is 0.820. The fraction of sp³-hybridized carbons (Fsp3) is 0.152. The normalized spacial score (nSPS) is 15.7. The average molecular weight is 974 g/mol. The van der Waals surface area contributed by atoms with Crippen LogP contribution in [0.2, 0.25) is 0 Å². The molecule has 2 aliphatic heterocycles. The van der Waals surface area contributed by atoms with Crippen LogP contribution in [0, 0.1) is 0 Å². The molecule has 1 saturated heterocycles. The van der Waals surface area contributed by atoms with Crippen molar-refractivity contribution in [2.75, 3.05) is 27.2 Å². The van der Waals surface area contributed by atoms with Gasteiger partial charge < -0.3 is 24.5 Å². The number of amides is 2. The van der Waals surface area contributed by atoms with Crippen LogP contribution in [0.1, 0.15) is 19.4 Å². The number of hydrazine groups is 1. The zero-order valence-electron chi connectivity index (χ0n) is 31.9. The van der Waals surface area contributed by atoms with Crippen LogP contribution in [0.3, 0.4) is 0 Å². The van der Waals surface area contributed by atoms with Crippen LogP contribution in [0.5, 0.6) is 0 Å². The van der Waals surface area contributed by atoms with Gasteiger partial charge in [0, 0.05) is 33.1 Å². The Balaban J connectivity index is 0.00000420. The van der Waals surface area contributed by atoms with E-state index in [1.165, 1.54) is 78.9 Å². The molecule has 5 rings (SSSR count). The first-order valence-corrected chi connectivity index (χ1v) is 19.8. The summed E-state index contributed by atoms with van der Waals surface area (Å²) in [6.45, 7) is 3.25. The SMILES string of the molecule is CC1(C)C(=CC=CC=CC=C2C(=O)N(c3ccc(SOO[O-])cc3)N(c3ccc(SOO[O-])cc3)C2=O)N(CCS(=O)(=O)[O-])c2ccc(S(=O)(=O)[O-])cc21.[K+].[K+].[K+].[K+]. The summed E-state index contributed by atoms with van der Waals surface area (Å²) in [6, 6.07) is 15.9. The monoisotopic (exact) mass is 973 g/mol. The Bertz CT molecular complexity index is 2190. The number of hydrogen-bond donors (Lipinski definition) is 0. The molecule has 0 N–H and O–H groups in total. The van der Waals surface area contributed by atoms with E-state index in [1.807, 2.05) is 0 Å². The third kappa shape index (κ3) is 15.1. The molecular weight excluding hydrogens is 947 g/mol. The van der Waals surface area contributed by atoms with E-state index in [1.54, 1.807) is 37.0 Å². The topological polar surface area (TPSA) is 241 Å². The second-order valence-electron chi connectivity index (χ2n) is 11.7. The molecule has 2 aliphatic rings. The van der Waals surface area contributed by atoms with Gasteiger partial charge in [-0.1, -0.05) is 38.2 Å². The van der Waals surface area contributed by atoms with Gasteiger partial charge in [-0.25, -0.2) is 26.9 Å². The summed E-state index contributed by atoms with van der Waals surface area (Å²) in [6.07, 6.45) is 9.06. The van der Waals surface area contributed by atoms with Crippen LogP contribution in [0.25, 0.3) is 0 Å². The predicted octanol–water partition coefficient (Wildman–Crippen LogP) is -9.37. The van der Waals surface area contributed by atoms with Gasteiger partial charge in [-0.05, 0) is 84.4 Å². The maximum absolute atomic E-state index is 13.7. The molecule has 58 heavy (non-hydrogen) atoms. The van der Waals surface area contributed by atoms with Crippen LogP contribution < -0.4 is 231 Å². The van der Waals surface area contributed by atoms with Crippen molar-refractivity contribution in [2.45, 2.75) is 33.9 Å². The van der Waals surface area contributed by atoms with Gasteiger partial charge in [-0.3, -0.25) is 19.7 Å². The van der Waals surface area contributed by atoms with Gasteiger partial charge >= 0.3 is 206 Å². The third-order valence-electron chi connectivity index (χ3n) is 8.09. The first kappa shape index (κ1) is 58.2. The molecule has 0 aliphatic carbocycles. The zero-order chi connectivity index (χ0) is 39.3. The van der Waals surface area contributed by atoms with E-state index < -0.39 is 48.1 Å². The van der Waals surface area contributed by atoms with Gasteiger partial charge in [0.25, 0.3) is 11.8 Å². The number of allylic oxidation sites excluding steroid dienone is 7. The van der Waals surface area contributed by atoms with Crippen molar-refractivity contribution in [1.82, 2.24) is 0 Å². The number of anilines is 3. The van der Waals surface area contributed by atoms with E-state index in [0.717, 1.165) is 16.1 Å². The Hall–Kier alpha value is 2.19. The quantitative estimate of drug-likeness (QED) is 0.0201. The van der Waals surface area contributed by atoms with Gasteiger partial charge in [0.05, 0.1) is 56.2 Å². The summed E-state index contributed by atoms with van der Waals surface area (Å²) >= 11 is 1.27. The third-order valence-corrected chi connectivity index (χ3v) is 10.8. The molecule has 0 aromatic heterocycles. The smallest absolute Gasteiger partial charge is 0.748 e. The molecule has 2 heterocycles. The molecule has 286 valence electrons. The molecule has 0 saturated carbocycles. The summed E-state index contributed by atoms with van der Waals surface area (Å²) < 4.78 is 78.3. The van der Waals surface area contributed by atoms with Crippen LogP contribution in [0.4, 0.5) is 17.1 Å². The zero-order valence-corrected chi connectivity index (χ0v) is 47.7. The van der Waals surface area contributed by atoms with Gasteiger partial charge in [-0.15, -0.1) is 0 Å². The largest absolute Gasteiger partial charge is 1.00 e. The maximum Gasteiger partial charge on any atom is 1.00 e. The average Bonchev–Trinajstić information content (AvgIpc) is 3.50. The fourth-order valence-corrected chi connectivity index (χ4v) is 7.29. The number of carbonyl (C=O) groups excluding carboxylic acids is 2. The summed E-state index contributed by atoms with van der Waals surface area (Å²) in [4.78, 5) is 29.5. The molecule has 2 amide bonds. The molecule has 0 unspecified atom stereocenters. The number of fused-ring (bicyclic) bond motifs is 1. The van der Waals surface area contributed by atoms with Crippen molar-refractivity contribution >= 4 is 73.2 Å². The van der Waals surface area contributed by atoms with Crippen molar-refractivity contribution in [3.63, 3.8) is 0 Å². The Morgan fingerprint density at radius 2 is 1.16 bits per heavy atom. The first-order chi connectivity index (χ1) is 25.6.